The maximum absolute atomic E-state index is 8.97. The Morgan fingerprint density at radius 3 is 0.500 bits per heavy atom. The Bertz CT molecular complexity index is 1090. The van der Waals surface area contributed by atoms with Crippen LogP contribution in [0.15, 0.2) is 0 Å². The zero-order valence-corrected chi connectivity index (χ0v) is 58.9. The summed E-state index contributed by atoms with van der Waals surface area (Å²) in [6, 6.07) is 0. The predicted octanol–water partition coefficient (Wildman–Crippen LogP) is 29.0. The molecule has 82 heavy (non-hydrogen) atoms. The van der Waals surface area contributed by atoms with E-state index in [1.807, 2.05) is 0 Å². The largest absolute Gasteiger partial charge is 0.330 e. The highest BCUT2D eigenvalue weighted by Crippen LogP contribution is 2.63. The van der Waals surface area contributed by atoms with Crippen molar-refractivity contribution in [2.24, 2.45) is 22.3 Å². The van der Waals surface area contributed by atoms with Crippen LogP contribution in [0.25, 0.3) is 0 Å². The average molecular weight is 1150 g/mol. The molecule has 0 unspecified atom stereocenters. The lowest BCUT2D eigenvalue weighted by Gasteiger charge is -2.62. The third-order valence-electron chi connectivity index (χ3n) is 21.2. The summed E-state index contributed by atoms with van der Waals surface area (Å²) in [6.07, 6.45) is 99.4. The number of unbranched alkanes of at least 4 members (excludes halogenated alkanes) is 56. The van der Waals surface area contributed by atoms with Crippen molar-refractivity contribution in [1.82, 2.24) is 0 Å². The zero-order chi connectivity index (χ0) is 59.7. The summed E-state index contributed by atoms with van der Waals surface area (Å²) in [5.41, 5.74) is 15.8. The van der Waals surface area contributed by atoms with Gasteiger partial charge in [-0.05, 0) is 68.7 Å². The van der Waals surface area contributed by atoms with Gasteiger partial charge >= 0.3 is 0 Å². The first-order valence-electron chi connectivity index (χ1n) is 39.9. The van der Waals surface area contributed by atoms with Crippen molar-refractivity contribution in [2.75, 3.05) is 6.54 Å². The number of rotatable bonds is 73. The second-order valence-electron chi connectivity index (χ2n) is 28.7. The monoisotopic (exact) mass is 1150 g/mol. The highest BCUT2D eigenvalue weighted by molar-refractivity contribution is 5.12. The van der Waals surface area contributed by atoms with Crippen LogP contribution in [-0.4, -0.2) is 12.1 Å². The van der Waals surface area contributed by atoms with E-state index in [0.29, 0.717) is 5.41 Å². The SMILES string of the molecule is CCCCCCCCCCCCC(N)(CCCCCCCCCCCC)C(CCCCCCCCCCCC)(CCCCCCCCCCCC)C(CCCCCN)(CCCCCCCCCCCC)CCCCCCCCCCCC. The van der Waals surface area contributed by atoms with Gasteiger partial charge in [-0.1, -0.05) is 440 Å². The van der Waals surface area contributed by atoms with E-state index in [0.717, 1.165) is 6.54 Å². The normalized spacial score (nSPS) is 12.4. The second kappa shape index (κ2) is 65.4. The van der Waals surface area contributed by atoms with Gasteiger partial charge in [0.15, 0.2) is 0 Å². The van der Waals surface area contributed by atoms with Crippen LogP contribution in [0, 0.1) is 10.8 Å². The lowest BCUT2D eigenvalue weighted by Crippen LogP contribution is -2.63. The van der Waals surface area contributed by atoms with E-state index in [-0.39, 0.29) is 11.0 Å². The fourth-order valence-electron chi connectivity index (χ4n) is 15.7. The van der Waals surface area contributed by atoms with Crippen LogP contribution >= 0.6 is 0 Å². The summed E-state index contributed by atoms with van der Waals surface area (Å²) in [4.78, 5) is 0. The van der Waals surface area contributed by atoms with E-state index in [9.17, 15) is 0 Å². The molecule has 0 rings (SSSR count). The van der Waals surface area contributed by atoms with Crippen LogP contribution < -0.4 is 11.5 Å². The molecule has 0 bridgehead atoms. The molecule has 0 amide bonds. The zero-order valence-electron chi connectivity index (χ0n) is 58.9. The van der Waals surface area contributed by atoms with Gasteiger partial charge in [-0.3, -0.25) is 0 Å². The van der Waals surface area contributed by atoms with E-state index in [1.54, 1.807) is 0 Å². The molecule has 0 radical (unpaired) electrons. The van der Waals surface area contributed by atoms with E-state index in [1.165, 1.54) is 449 Å². The number of hydrogen-bond donors (Lipinski definition) is 2. The molecule has 0 aromatic rings. The lowest BCUT2D eigenvalue weighted by atomic mass is 9.45. The lowest BCUT2D eigenvalue weighted by molar-refractivity contribution is -0.0908. The maximum atomic E-state index is 8.97. The van der Waals surface area contributed by atoms with Crippen molar-refractivity contribution >= 4 is 0 Å². The first-order chi connectivity index (χ1) is 40.4. The topological polar surface area (TPSA) is 52.0 Å². The minimum atomic E-state index is -0.0866. The molecule has 0 aliphatic heterocycles. The molecule has 0 atom stereocenters. The summed E-state index contributed by atoms with van der Waals surface area (Å²) in [5, 5.41) is 0. The number of hydrogen-bond acceptors (Lipinski definition) is 2. The predicted molar refractivity (Wildman–Crippen MR) is 378 cm³/mol. The van der Waals surface area contributed by atoms with Crippen molar-refractivity contribution < 1.29 is 0 Å². The Kier molecular flexibility index (Phi) is 65.3. The Balaban J connectivity index is 7.59. The molecule has 0 heterocycles. The van der Waals surface area contributed by atoms with E-state index < -0.39 is 0 Å². The van der Waals surface area contributed by atoms with Crippen molar-refractivity contribution in [3.8, 4) is 0 Å². The molecule has 0 spiro atoms. The van der Waals surface area contributed by atoms with Crippen molar-refractivity contribution in [1.29, 1.82) is 0 Å². The summed E-state index contributed by atoms with van der Waals surface area (Å²) >= 11 is 0. The van der Waals surface area contributed by atoms with Crippen LogP contribution in [0.3, 0.4) is 0 Å². The highest BCUT2D eigenvalue weighted by atomic mass is 14.8. The van der Waals surface area contributed by atoms with Gasteiger partial charge in [0.1, 0.15) is 0 Å². The first-order valence-corrected chi connectivity index (χ1v) is 39.9. The molecular weight excluding hydrogens is 989 g/mol. The fourth-order valence-corrected chi connectivity index (χ4v) is 15.7. The quantitative estimate of drug-likeness (QED) is 0.0596. The minimum Gasteiger partial charge on any atom is -0.330 e. The molecular formula is C80H164N2. The smallest absolute Gasteiger partial charge is 0.0216 e. The molecule has 0 fully saturated rings. The van der Waals surface area contributed by atoms with Gasteiger partial charge in [-0.25, -0.2) is 0 Å². The minimum absolute atomic E-state index is 0.0866. The molecule has 0 aromatic carbocycles. The Morgan fingerprint density at radius 1 is 0.171 bits per heavy atom. The van der Waals surface area contributed by atoms with Gasteiger partial charge in [0, 0.05) is 5.54 Å². The third kappa shape index (κ3) is 47.0. The molecule has 0 saturated heterocycles. The summed E-state index contributed by atoms with van der Waals surface area (Å²) in [7, 11) is 0. The highest BCUT2D eigenvalue weighted by Gasteiger charge is 2.58. The van der Waals surface area contributed by atoms with E-state index >= 15 is 0 Å². The van der Waals surface area contributed by atoms with Crippen LogP contribution in [0.4, 0.5) is 0 Å². The summed E-state index contributed by atoms with van der Waals surface area (Å²) in [5.74, 6) is 0. The van der Waals surface area contributed by atoms with Crippen LogP contribution in [0.2, 0.25) is 0 Å². The molecule has 2 heteroatoms. The molecule has 4 N–H and O–H groups in total. The summed E-state index contributed by atoms with van der Waals surface area (Å²) in [6.45, 7) is 15.0. The molecule has 0 aliphatic carbocycles. The first kappa shape index (κ1) is 81.9. The number of nitrogens with two attached hydrogens (primary N) is 2. The molecule has 2 nitrogen and oxygen atoms in total. The van der Waals surface area contributed by atoms with Gasteiger partial charge < -0.3 is 11.5 Å². The molecule has 0 aliphatic rings. The van der Waals surface area contributed by atoms with Crippen molar-refractivity contribution in [3.63, 3.8) is 0 Å². The van der Waals surface area contributed by atoms with Gasteiger partial charge in [-0.15, -0.1) is 0 Å². The van der Waals surface area contributed by atoms with E-state index in [4.69, 9.17) is 11.5 Å². The standard InChI is InChI=1S/C80H164N2/c1-7-13-19-25-31-37-43-49-55-62-70-78(72-64-61-69-77-81,71-63-56-50-44-38-32-26-20-14-8-2)79(73-65-57-51-45-39-33-27-21-15-9-3,74-66-58-52-46-40-34-28-22-16-10-4)80(82,75-67-59-53-47-41-35-29-23-17-11-5)76-68-60-54-48-42-36-30-24-18-12-6/h7-77,81-82H2,1-6H3. The Morgan fingerprint density at radius 2 is 0.317 bits per heavy atom. The van der Waals surface area contributed by atoms with Crippen LogP contribution in [0.5, 0.6) is 0 Å². The average Bonchev–Trinajstić information content (AvgIpc) is 3.67. The van der Waals surface area contributed by atoms with Gasteiger partial charge in [0.2, 0.25) is 0 Å². The molecule has 0 saturated carbocycles. The van der Waals surface area contributed by atoms with Crippen molar-refractivity contribution in [3.05, 3.63) is 0 Å². The fraction of sp³-hybridized carbons (Fsp3) is 1.00. The van der Waals surface area contributed by atoms with Crippen molar-refractivity contribution in [2.45, 2.75) is 497 Å². The summed E-state index contributed by atoms with van der Waals surface area (Å²) < 4.78 is 0. The van der Waals surface area contributed by atoms with E-state index in [2.05, 4.69) is 41.5 Å². The maximum Gasteiger partial charge on any atom is 0.0216 e. The van der Waals surface area contributed by atoms with Gasteiger partial charge in [0.25, 0.3) is 0 Å². The molecule has 0 aromatic heterocycles. The van der Waals surface area contributed by atoms with Crippen LogP contribution in [0.1, 0.15) is 491 Å². The van der Waals surface area contributed by atoms with Crippen LogP contribution in [-0.2, 0) is 0 Å². The third-order valence-corrected chi connectivity index (χ3v) is 21.2. The Hall–Kier alpha value is -0.0800. The van der Waals surface area contributed by atoms with Gasteiger partial charge in [-0.2, -0.15) is 0 Å². The second-order valence-corrected chi connectivity index (χ2v) is 28.7. The molecule has 494 valence electrons. The van der Waals surface area contributed by atoms with Gasteiger partial charge in [0.05, 0.1) is 0 Å². The Labute approximate surface area is 522 Å².